The SMILES string of the molecule is COC(=O)c1ccc(F)c(-c2cccc(C(=O)O)c2)c1. The summed E-state index contributed by atoms with van der Waals surface area (Å²) in [6.07, 6.45) is 0. The standard InChI is InChI=1S/C15H11FO4/c1-20-15(19)11-5-6-13(16)12(8-11)9-3-2-4-10(7-9)14(17)18/h2-8H,1H3,(H,17,18). The molecule has 0 spiro atoms. The van der Waals surface area contributed by atoms with E-state index in [0.717, 1.165) is 6.07 Å². The number of methoxy groups -OCH3 is 1. The largest absolute Gasteiger partial charge is 0.478 e. The number of ether oxygens (including phenoxy) is 1. The molecule has 0 aliphatic heterocycles. The number of carboxylic acid groups (broad SMARTS) is 1. The number of rotatable bonds is 3. The Morgan fingerprint density at radius 2 is 1.85 bits per heavy atom. The number of hydrogen-bond donors (Lipinski definition) is 1. The fraction of sp³-hybridized carbons (Fsp3) is 0.0667. The zero-order valence-corrected chi connectivity index (χ0v) is 10.6. The molecule has 5 heteroatoms. The molecule has 0 amide bonds. The second kappa shape index (κ2) is 5.52. The smallest absolute Gasteiger partial charge is 0.337 e. The molecule has 0 saturated carbocycles. The van der Waals surface area contributed by atoms with Gasteiger partial charge in [0, 0.05) is 5.56 Å². The molecular weight excluding hydrogens is 263 g/mol. The Morgan fingerprint density at radius 3 is 2.50 bits per heavy atom. The number of carbonyl (C=O) groups is 2. The summed E-state index contributed by atoms with van der Waals surface area (Å²) in [5.41, 5.74) is 0.777. The van der Waals surface area contributed by atoms with Crippen molar-refractivity contribution < 1.29 is 23.8 Å². The third kappa shape index (κ3) is 2.66. The van der Waals surface area contributed by atoms with E-state index in [4.69, 9.17) is 5.11 Å². The van der Waals surface area contributed by atoms with Crippen LogP contribution in [-0.2, 0) is 4.74 Å². The molecule has 20 heavy (non-hydrogen) atoms. The molecule has 0 aliphatic rings. The van der Waals surface area contributed by atoms with E-state index in [1.54, 1.807) is 6.07 Å². The van der Waals surface area contributed by atoms with Crippen molar-refractivity contribution in [2.45, 2.75) is 0 Å². The van der Waals surface area contributed by atoms with E-state index in [9.17, 15) is 14.0 Å². The van der Waals surface area contributed by atoms with Gasteiger partial charge in [-0.15, -0.1) is 0 Å². The first kappa shape index (κ1) is 13.7. The van der Waals surface area contributed by atoms with Crippen molar-refractivity contribution >= 4 is 11.9 Å². The summed E-state index contributed by atoms with van der Waals surface area (Å²) in [5, 5.41) is 8.94. The highest BCUT2D eigenvalue weighted by Crippen LogP contribution is 2.25. The maximum Gasteiger partial charge on any atom is 0.337 e. The lowest BCUT2D eigenvalue weighted by Gasteiger charge is -2.07. The van der Waals surface area contributed by atoms with Gasteiger partial charge in [0.15, 0.2) is 0 Å². The van der Waals surface area contributed by atoms with E-state index >= 15 is 0 Å². The van der Waals surface area contributed by atoms with Gasteiger partial charge in [0.2, 0.25) is 0 Å². The zero-order valence-electron chi connectivity index (χ0n) is 10.6. The molecule has 102 valence electrons. The van der Waals surface area contributed by atoms with Gasteiger partial charge in [-0.25, -0.2) is 14.0 Å². The molecule has 1 N–H and O–H groups in total. The zero-order chi connectivity index (χ0) is 14.7. The van der Waals surface area contributed by atoms with Gasteiger partial charge in [0.05, 0.1) is 18.2 Å². The van der Waals surface area contributed by atoms with Gasteiger partial charge in [-0.1, -0.05) is 12.1 Å². The minimum Gasteiger partial charge on any atom is -0.478 e. The molecule has 0 aliphatic carbocycles. The number of benzene rings is 2. The van der Waals surface area contributed by atoms with E-state index in [1.807, 2.05) is 0 Å². The third-order valence-corrected chi connectivity index (χ3v) is 2.81. The van der Waals surface area contributed by atoms with Gasteiger partial charge in [0.1, 0.15) is 5.82 Å². The van der Waals surface area contributed by atoms with Crippen molar-refractivity contribution in [3.05, 3.63) is 59.4 Å². The van der Waals surface area contributed by atoms with Crippen molar-refractivity contribution in [3.8, 4) is 11.1 Å². The Morgan fingerprint density at radius 1 is 1.10 bits per heavy atom. The molecular formula is C15H11FO4. The maximum absolute atomic E-state index is 13.9. The molecule has 2 aromatic carbocycles. The average Bonchev–Trinajstić information content (AvgIpc) is 2.47. The number of carboxylic acids is 1. The summed E-state index contributed by atoms with van der Waals surface area (Å²) < 4.78 is 18.4. The fourth-order valence-electron chi connectivity index (χ4n) is 1.81. The van der Waals surface area contributed by atoms with Crippen LogP contribution in [0.3, 0.4) is 0 Å². The van der Waals surface area contributed by atoms with E-state index in [-0.39, 0.29) is 16.7 Å². The Balaban J connectivity index is 2.54. The molecule has 0 atom stereocenters. The summed E-state index contributed by atoms with van der Waals surface area (Å²) in [7, 11) is 1.23. The van der Waals surface area contributed by atoms with E-state index in [1.165, 1.54) is 37.4 Å². The third-order valence-electron chi connectivity index (χ3n) is 2.81. The van der Waals surface area contributed by atoms with Gasteiger partial charge in [-0.2, -0.15) is 0 Å². The predicted molar refractivity (Wildman–Crippen MR) is 70.1 cm³/mol. The monoisotopic (exact) mass is 274 g/mol. The van der Waals surface area contributed by atoms with Gasteiger partial charge in [-0.05, 0) is 35.9 Å². The molecule has 0 aromatic heterocycles. The first-order valence-electron chi connectivity index (χ1n) is 5.74. The molecule has 0 unspecified atom stereocenters. The van der Waals surface area contributed by atoms with Crippen molar-refractivity contribution in [2.24, 2.45) is 0 Å². The highest BCUT2D eigenvalue weighted by molar-refractivity contribution is 5.92. The number of aromatic carboxylic acids is 1. The van der Waals surface area contributed by atoms with Crippen LogP contribution in [0, 0.1) is 5.82 Å². The van der Waals surface area contributed by atoms with Crippen molar-refractivity contribution in [1.82, 2.24) is 0 Å². The highest BCUT2D eigenvalue weighted by Gasteiger charge is 2.12. The van der Waals surface area contributed by atoms with Gasteiger partial charge in [-0.3, -0.25) is 0 Å². The molecule has 2 aromatic rings. The van der Waals surface area contributed by atoms with Crippen molar-refractivity contribution in [2.75, 3.05) is 7.11 Å². The molecule has 2 rings (SSSR count). The Labute approximate surface area is 114 Å². The van der Waals surface area contributed by atoms with Crippen LogP contribution in [0.1, 0.15) is 20.7 Å². The van der Waals surface area contributed by atoms with Crippen LogP contribution in [0.15, 0.2) is 42.5 Å². The summed E-state index contributed by atoms with van der Waals surface area (Å²) in [6, 6.07) is 9.65. The van der Waals surface area contributed by atoms with Crippen LogP contribution < -0.4 is 0 Å². The summed E-state index contributed by atoms with van der Waals surface area (Å²) in [4.78, 5) is 22.4. The van der Waals surface area contributed by atoms with E-state index in [2.05, 4.69) is 4.74 Å². The highest BCUT2D eigenvalue weighted by atomic mass is 19.1. The fourth-order valence-corrected chi connectivity index (χ4v) is 1.81. The Bertz CT molecular complexity index is 679. The summed E-state index contributed by atoms with van der Waals surface area (Å²) in [5.74, 6) is -2.22. The second-order valence-electron chi connectivity index (χ2n) is 4.07. The van der Waals surface area contributed by atoms with Crippen LogP contribution in [0.4, 0.5) is 4.39 Å². The average molecular weight is 274 g/mol. The van der Waals surface area contributed by atoms with E-state index in [0.29, 0.717) is 5.56 Å². The first-order chi connectivity index (χ1) is 9.52. The normalized spacial score (nSPS) is 10.1. The molecule has 0 saturated heterocycles. The number of esters is 1. The molecule has 0 radical (unpaired) electrons. The van der Waals surface area contributed by atoms with Gasteiger partial charge in [0.25, 0.3) is 0 Å². The maximum atomic E-state index is 13.9. The van der Waals surface area contributed by atoms with Crippen molar-refractivity contribution in [3.63, 3.8) is 0 Å². The second-order valence-corrected chi connectivity index (χ2v) is 4.07. The molecule has 4 nitrogen and oxygen atoms in total. The molecule has 0 fully saturated rings. The van der Waals surface area contributed by atoms with Crippen LogP contribution in [-0.4, -0.2) is 24.2 Å². The van der Waals surface area contributed by atoms with Crippen LogP contribution in [0.25, 0.3) is 11.1 Å². The Kier molecular flexibility index (Phi) is 3.79. The van der Waals surface area contributed by atoms with Crippen LogP contribution >= 0.6 is 0 Å². The number of hydrogen-bond acceptors (Lipinski definition) is 3. The summed E-state index contributed by atoms with van der Waals surface area (Å²) >= 11 is 0. The minimum absolute atomic E-state index is 0.0466. The summed E-state index contributed by atoms with van der Waals surface area (Å²) in [6.45, 7) is 0. The van der Waals surface area contributed by atoms with Gasteiger partial charge >= 0.3 is 11.9 Å². The lowest BCUT2D eigenvalue weighted by Crippen LogP contribution is -2.02. The first-order valence-corrected chi connectivity index (χ1v) is 5.74. The predicted octanol–water partition coefficient (Wildman–Crippen LogP) is 2.98. The minimum atomic E-state index is -1.10. The Hall–Kier alpha value is -2.69. The topological polar surface area (TPSA) is 63.6 Å². The van der Waals surface area contributed by atoms with Crippen LogP contribution in [0.2, 0.25) is 0 Å². The van der Waals surface area contributed by atoms with E-state index < -0.39 is 17.8 Å². The van der Waals surface area contributed by atoms with Crippen LogP contribution in [0.5, 0.6) is 0 Å². The molecule has 0 heterocycles. The quantitative estimate of drug-likeness (QED) is 0.874. The number of halogens is 1. The molecule has 0 bridgehead atoms. The van der Waals surface area contributed by atoms with Gasteiger partial charge < -0.3 is 9.84 Å². The lowest BCUT2D eigenvalue weighted by atomic mass is 10.0. The van der Waals surface area contributed by atoms with Crippen molar-refractivity contribution in [1.29, 1.82) is 0 Å². The number of carbonyl (C=O) groups excluding carboxylic acids is 1. The lowest BCUT2D eigenvalue weighted by molar-refractivity contribution is 0.0599.